The van der Waals surface area contributed by atoms with Gasteiger partial charge in [-0.1, -0.05) is 42.5 Å². The Balaban J connectivity index is 1.69. The number of benzene rings is 2. The Kier molecular flexibility index (Phi) is 6.31. The molecular weight excluding hydrogens is 419 g/mol. The summed E-state index contributed by atoms with van der Waals surface area (Å²) in [4.78, 5) is 28.3. The summed E-state index contributed by atoms with van der Waals surface area (Å²) in [5, 5.41) is 9.81. The van der Waals surface area contributed by atoms with E-state index in [0.717, 1.165) is 11.1 Å². The summed E-state index contributed by atoms with van der Waals surface area (Å²) >= 11 is 0. The van der Waals surface area contributed by atoms with Crippen molar-refractivity contribution in [1.29, 1.82) is 0 Å². The molecule has 33 heavy (non-hydrogen) atoms. The van der Waals surface area contributed by atoms with Crippen LogP contribution in [0.4, 0.5) is 4.39 Å². The van der Waals surface area contributed by atoms with Crippen molar-refractivity contribution in [3.8, 4) is 11.1 Å². The number of likely N-dealkylation sites (tertiary alicyclic amines) is 1. The van der Waals surface area contributed by atoms with Gasteiger partial charge < -0.3 is 10.2 Å². The molecule has 3 aromatic rings. The molecule has 2 aromatic carbocycles. The number of aromatic amines is 1. The number of nitrogens with one attached hydrogen (secondary N) is 2. The molecular formula is C26H29FN4O2. The van der Waals surface area contributed by atoms with Crippen LogP contribution in [0.3, 0.4) is 0 Å². The Morgan fingerprint density at radius 2 is 1.85 bits per heavy atom. The fraction of sp³-hybridized carbons (Fsp3) is 0.346. The van der Waals surface area contributed by atoms with Gasteiger partial charge in [-0.2, -0.15) is 5.10 Å². The van der Waals surface area contributed by atoms with E-state index in [0.29, 0.717) is 42.8 Å². The first-order chi connectivity index (χ1) is 15.8. The van der Waals surface area contributed by atoms with E-state index in [-0.39, 0.29) is 23.7 Å². The highest BCUT2D eigenvalue weighted by Gasteiger charge is 2.46. The summed E-state index contributed by atoms with van der Waals surface area (Å²) in [6, 6.07) is 14.2. The van der Waals surface area contributed by atoms with Crippen LogP contribution in [0.15, 0.2) is 54.7 Å². The first kappa shape index (κ1) is 22.7. The van der Waals surface area contributed by atoms with Gasteiger partial charge in [0.05, 0.1) is 17.2 Å². The van der Waals surface area contributed by atoms with Crippen molar-refractivity contribution < 1.29 is 14.0 Å². The third kappa shape index (κ3) is 4.53. The normalized spacial score (nSPS) is 18.0. The van der Waals surface area contributed by atoms with Crippen LogP contribution in [0.1, 0.15) is 41.9 Å². The molecule has 0 spiro atoms. The van der Waals surface area contributed by atoms with Crippen molar-refractivity contribution in [1.82, 2.24) is 20.4 Å². The van der Waals surface area contributed by atoms with Crippen molar-refractivity contribution in [3.05, 3.63) is 77.4 Å². The molecule has 0 unspecified atom stereocenters. The smallest absolute Gasteiger partial charge is 0.257 e. The molecule has 2 N–H and O–H groups in total. The third-order valence-corrected chi connectivity index (χ3v) is 6.31. The van der Waals surface area contributed by atoms with Crippen molar-refractivity contribution in [2.45, 2.75) is 39.7 Å². The van der Waals surface area contributed by atoms with Gasteiger partial charge in [0.15, 0.2) is 0 Å². The highest BCUT2D eigenvalue weighted by atomic mass is 19.1. The number of aromatic nitrogens is 2. The maximum Gasteiger partial charge on any atom is 0.257 e. The standard InChI is InChI=1S/C26H29FN4O2/c1-17(2)29-25(33)26(12-13-31(16-26)24(32)22-15-28-30-18(22)3)14-19-8-4-5-9-20(19)21-10-6-7-11-23(21)27/h4-11,15,17H,12-14,16H2,1-3H3,(H,28,30)(H,29,33)/t26-/m1/s1. The maximum atomic E-state index is 14.6. The molecule has 1 atom stereocenters. The number of carbonyl (C=O) groups excluding carboxylic acids is 2. The molecule has 2 amide bonds. The Morgan fingerprint density at radius 1 is 1.15 bits per heavy atom. The minimum absolute atomic E-state index is 0.0305. The number of aryl methyl sites for hydroxylation is 1. The minimum atomic E-state index is -0.807. The number of halogens is 1. The molecule has 1 saturated heterocycles. The lowest BCUT2D eigenvalue weighted by Gasteiger charge is -2.30. The highest BCUT2D eigenvalue weighted by molar-refractivity contribution is 5.96. The van der Waals surface area contributed by atoms with E-state index in [4.69, 9.17) is 0 Å². The zero-order valence-corrected chi connectivity index (χ0v) is 19.2. The number of H-pyrrole nitrogens is 1. The maximum absolute atomic E-state index is 14.6. The second-order valence-corrected chi connectivity index (χ2v) is 9.11. The Hall–Kier alpha value is -3.48. The molecule has 0 radical (unpaired) electrons. The van der Waals surface area contributed by atoms with Crippen molar-refractivity contribution in [2.75, 3.05) is 13.1 Å². The predicted octanol–water partition coefficient (Wildman–Crippen LogP) is 4.12. The lowest BCUT2D eigenvalue weighted by Crippen LogP contribution is -2.47. The molecule has 6 nitrogen and oxygen atoms in total. The number of rotatable bonds is 6. The van der Waals surface area contributed by atoms with Gasteiger partial charge in [-0.15, -0.1) is 0 Å². The highest BCUT2D eigenvalue weighted by Crippen LogP contribution is 2.38. The van der Waals surface area contributed by atoms with Crippen LogP contribution < -0.4 is 5.32 Å². The van der Waals surface area contributed by atoms with E-state index >= 15 is 0 Å². The second-order valence-electron chi connectivity index (χ2n) is 9.11. The Labute approximate surface area is 193 Å². The van der Waals surface area contributed by atoms with Gasteiger partial charge in [-0.25, -0.2) is 4.39 Å². The van der Waals surface area contributed by atoms with Gasteiger partial charge >= 0.3 is 0 Å². The molecule has 1 aliphatic heterocycles. The monoisotopic (exact) mass is 448 g/mol. The number of amides is 2. The summed E-state index contributed by atoms with van der Waals surface area (Å²) in [6.07, 6.45) is 2.46. The largest absolute Gasteiger partial charge is 0.353 e. The van der Waals surface area contributed by atoms with Gasteiger partial charge in [0.25, 0.3) is 5.91 Å². The van der Waals surface area contributed by atoms with Crippen LogP contribution in [0.2, 0.25) is 0 Å². The molecule has 4 rings (SSSR count). The SMILES string of the molecule is Cc1[nH]ncc1C(=O)N1CC[C@](Cc2ccccc2-c2ccccc2F)(C(=O)NC(C)C)C1. The van der Waals surface area contributed by atoms with Crippen LogP contribution in [0.5, 0.6) is 0 Å². The second kappa shape index (κ2) is 9.17. The minimum Gasteiger partial charge on any atom is -0.353 e. The fourth-order valence-electron chi connectivity index (χ4n) is 4.59. The van der Waals surface area contributed by atoms with Gasteiger partial charge in [0.1, 0.15) is 5.82 Å². The van der Waals surface area contributed by atoms with Crippen molar-refractivity contribution in [2.24, 2.45) is 5.41 Å². The van der Waals surface area contributed by atoms with Gasteiger partial charge in [0, 0.05) is 30.4 Å². The molecule has 1 aromatic heterocycles. The van der Waals surface area contributed by atoms with E-state index in [2.05, 4.69) is 15.5 Å². The average Bonchev–Trinajstić information content (AvgIpc) is 3.41. The third-order valence-electron chi connectivity index (χ3n) is 6.31. The van der Waals surface area contributed by atoms with E-state index in [9.17, 15) is 14.0 Å². The Bertz CT molecular complexity index is 1170. The molecule has 172 valence electrons. The van der Waals surface area contributed by atoms with E-state index < -0.39 is 5.41 Å². The number of nitrogens with zero attached hydrogens (tertiary/aromatic N) is 2. The van der Waals surface area contributed by atoms with Gasteiger partial charge in [-0.05, 0) is 50.8 Å². The van der Waals surface area contributed by atoms with Crippen LogP contribution in [0.25, 0.3) is 11.1 Å². The Morgan fingerprint density at radius 3 is 2.52 bits per heavy atom. The van der Waals surface area contributed by atoms with Crippen LogP contribution in [0, 0.1) is 18.2 Å². The summed E-state index contributed by atoms with van der Waals surface area (Å²) in [6.45, 7) is 6.41. The molecule has 7 heteroatoms. The summed E-state index contributed by atoms with van der Waals surface area (Å²) in [7, 11) is 0. The molecule has 2 heterocycles. The molecule has 0 saturated carbocycles. The zero-order chi connectivity index (χ0) is 23.6. The van der Waals surface area contributed by atoms with E-state index in [1.165, 1.54) is 12.3 Å². The lowest BCUT2D eigenvalue weighted by atomic mass is 9.78. The van der Waals surface area contributed by atoms with Gasteiger partial charge in [0.2, 0.25) is 5.91 Å². The van der Waals surface area contributed by atoms with Crippen molar-refractivity contribution >= 4 is 11.8 Å². The summed E-state index contributed by atoms with van der Waals surface area (Å²) in [5.74, 6) is -0.521. The molecule has 1 aliphatic rings. The summed E-state index contributed by atoms with van der Waals surface area (Å²) < 4.78 is 14.6. The molecule has 0 bridgehead atoms. The van der Waals surface area contributed by atoms with Gasteiger partial charge in [-0.3, -0.25) is 14.7 Å². The molecule has 1 fully saturated rings. The van der Waals surface area contributed by atoms with Crippen LogP contribution in [-0.4, -0.2) is 46.0 Å². The first-order valence-electron chi connectivity index (χ1n) is 11.2. The number of hydrogen-bond donors (Lipinski definition) is 2. The number of carbonyl (C=O) groups is 2. The van der Waals surface area contributed by atoms with E-state index in [1.54, 1.807) is 30.0 Å². The van der Waals surface area contributed by atoms with Crippen LogP contribution >= 0.6 is 0 Å². The zero-order valence-electron chi connectivity index (χ0n) is 19.2. The summed E-state index contributed by atoms with van der Waals surface area (Å²) in [5.41, 5.74) is 2.57. The van der Waals surface area contributed by atoms with Crippen LogP contribution in [-0.2, 0) is 11.2 Å². The fourth-order valence-corrected chi connectivity index (χ4v) is 4.59. The lowest BCUT2D eigenvalue weighted by molar-refractivity contribution is -0.130. The predicted molar refractivity (Wildman–Crippen MR) is 125 cm³/mol. The average molecular weight is 449 g/mol. The number of hydrogen-bond acceptors (Lipinski definition) is 3. The first-order valence-corrected chi connectivity index (χ1v) is 11.2. The molecule has 0 aliphatic carbocycles. The topological polar surface area (TPSA) is 78.1 Å². The quantitative estimate of drug-likeness (QED) is 0.595. The van der Waals surface area contributed by atoms with E-state index in [1.807, 2.05) is 38.1 Å². The van der Waals surface area contributed by atoms with Crippen molar-refractivity contribution in [3.63, 3.8) is 0 Å².